The molecule has 3 heterocycles. The van der Waals surface area contributed by atoms with E-state index in [4.69, 9.17) is 19.9 Å². The number of ether oxygens (including phenoxy) is 3. The number of nitrogens with two attached hydrogens (primary N) is 1. The molecular formula is C17H15N5O5. The second kappa shape index (κ2) is 5.91. The first-order valence-corrected chi connectivity index (χ1v) is 8.16. The van der Waals surface area contributed by atoms with Gasteiger partial charge in [0.25, 0.3) is 5.69 Å². The molecule has 1 aromatic carbocycles. The molecule has 0 saturated carbocycles. The summed E-state index contributed by atoms with van der Waals surface area (Å²) < 4.78 is 16.1. The van der Waals surface area contributed by atoms with Gasteiger partial charge in [-0.3, -0.25) is 15.2 Å². The highest BCUT2D eigenvalue weighted by Gasteiger charge is 2.40. The van der Waals surface area contributed by atoms with Gasteiger partial charge in [-0.2, -0.15) is 5.26 Å². The number of H-pyrrole nitrogens is 1. The molecule has 0 radical (unpaired) electrons. The van der Waals surface area contributed by atoms with Crippen molar-refractivity contribution in [3.05, 3.63) is 50.5 Å². The van der Waals surface area contributed by atoms with Crippen LogP contribution in [0.25, 0.3) is 0 Å². The van der Waals surface area contributed by atoms with Crippen LogP contribution < -0.4 is 19.9 Å². The molecule has 10 heteroatoms. The molecule has 0 amide bonds. The lowest BCUT2D eigenvalue weighted by molar-refractivity contribution is -0.385. The largest absolute Gasteiger partial charge is 0.454 e. The Morgan fingerprint density at radius 3 is 2.74 bits per heavy atom. The Kier molecular flexibility index (Phi) is 3.66. The van der Waals surface area contributed by atoms with Crippen molar-refractivity contribution in [3.8, 4) is 23.4 Å². The van der Waals surface area contributed by atoms with E-state index < -0.39 is 10.8 Å². The van der Waals surface area contributed by atoms with E-state index in [0.717, 1.165) is 0 Å². The summed E-state index contributed by atoms with van der Waals surface area (Å²) in [6, 6.07) is 4.84. The maximum Gasteiger partial charge on any atom is 0.277 e. The molecule has 3 N–H and O–H groups in total. The smallest absolute Gasteiger partial charge is 0.277 e. The second-order valence-electron chi connectivity index (χ2n) is 6.46. The standard InChI is InChI=1S/C17H15N5O5/c1-7(2)15-14-13(9(5-18)16(19)27-17(14)21-20-15)8-3-11-12(26-6-25-11)4-10(8)22(23)24/h3-4,7,13H,6,19H2,1-2H3,(H,20,21)/t13-/m0/s1. The number of hydrogen-bond donors (Lipinski definition) is 2. The maximum atomic E-state index is 11.7. The number of nitriles is 1. The van der Waals surface area contributed by atoms with Crippen molar-refractivity contribution in [2.75, 3.05) is 6.79 Å². The van der Waals surface area contributed by atoms with Crippen molar-refractivity contribution < 1.29 is 19.1 Å². The van der Waals surface area contributed by atoms with Crippen molar-refractivity contribution >= 4 is 5.69 Å². The SMILES string of the molecule is CC(C)c1[nH]nc2c1[C@@H](c1cc3c(cc1[N+](=O)[O-])OCO3)C(C#N)=C(N)O2. The van der Waals surface area contributed by atoms with Crippen LogP contribution in [0.3, 0.4) is 0 Å². The van der Waals surface area contributed by atoms with E-state index in [-0.39, 0.29) is 47.0 Å². The molecule has 4 rings (SSSR count). The molecule has 0 saturated heterocycles. The van der Waals surface area contributed by atoms with Crippen LogP contribution in [0.2, 0.25) is 0 Å². The van der Waals surface area contributed by atoms with Gasteiger partial charge >= 0.3 is 0 Å². The Bertz CT molecular complexity index is 1030. The molecule has 2 aliphatic heterocycles. The Balaban J connectivity index is 2.02. The predicted molar refractivity (Wildman–Crippen MR) is 91.2 cm³/mol. The van der Waals surface area contributed by atoms with E-state index in [0.29, 0.717) is 17.0 Å². The summed E-state index contributed by atoms with van der Waals surface area (Å²) >= 11 is 0. The van der Waals surface area contributed by atoms with Crippen LogP contribution in [0.15, 0.2) is 23.6 Å². The summed E-state index contributed by atoms with van der Waals surface area (Å²) in [5.74, 6) is -0.0843. The Morgan fingerprint density at radius 2 is 2.11 bits per heavy atom. The van der Waals surface area contributed by atoms with Crippen LogP contribution in [-0.2, 0) is 0 Å². The van der Waals surface area contributed by atoms with Gasteiger partial charge in [-0.25, -0.2) is 0 Å². The number of fused-ring (bicyclic) bond motifs is 2. The van der Waals surface area contributed by atoms with Crippen LogP contribution in [0.1, 0.15) is 42.5 Å². The number of nitro benzene ring substituents is 1. The number of nitro groups is 1. The quantitative estimate of drug-likeness (QED) is 0.618. The summed E-state index contributed by atoms with van der Waals surface area (Å²) in [5.41, 5.74) is 7.31. The monoisotopic (exact) mass is 369 g/mol. The number of nitrogens with one attached hydrogen (secondary N) is 1. The van der Waals surface area contributed by atoms with Gasteiger partial charge in [-0.1, -0.05) is 13.8 Å². The normalized spacial score (nSPS) is 17.5. The van der Waals surface area contributed by atoms with Gasteiger partial charge in [0.1, 0.15) is 11.6 Å². The van der Waals surface area contributed by atoms with E-state index in [1.54, 1.807) is 0 Å². The van der Waals surface area contributed by atoms with Gasteiger partial charge in [0, 0.05) is 11.3 Å². The topological polar surface area (TPSA) is 149 Å². The molecular weight excluding hydrogens is 354 g/mol. The van der Waals surface area contributed by atoms with E-state index in [2.05, 4.69) is 10.2 Å². The lowest BCUT2D eigenvalue weighted by atomic mass is 9.81. The zero-order chi connectivity index (χ0) is 19.3. The first-order chi connectivity index (χ1) is 12.9. The molecule has 1 atom stereocenters. The minimum atomic E-state index is -0.815. The molecule has 10 nitrogen and oxygen atoms in total. The van der Waals surface area contributed by atoms with Gasteiger partial charge in [0.05, 0.1) is 22.5 Å². The van der Waals surface area contributed by atoms with Crippen molar-refractivity contribution in [1.82, 2.24) is 10.2 Å². The first kappa shape index (κ1) is 16.7. The molecule has 2 aromatic rings. The third-order valence-corrected chi connectivity index (χ3v) is 4.58. The lowest BCUT2D eigenvalue weighted by Gasteiger charge is -2.24. The number of nitrogens with zero attached hydrogens (tertiary/aromatic N) is 3. The number of allylic oxidation sites excluding steroid dienone is 1. The molecule has 0 unspecified atom stereocenters. The van der Waals surface area contributed by atoms with Crippen LogP contribution in [0.4, 0.5) is 5.69 Å². The van der Waals surface area contributed by atoms with Gasteiger partial charge in [-0.05, 0) is 12.0 Å². The highest BCUT2D eigenvalue weighted by molar-refractivity contribution is 5.64. The number of aromatic nitrogens is 2. The van der Waals surface area contributed by atoms with Gasteiger partial charge < -0.3 is 19.9 Å². The van der Waals surface area contributed by atoms with Gasteiger partial charge in [0.2, 0.25) is 18.6 Å². The number of hydrogen-bond acceptors (Lipinski definition) is 8. The van der Waals surface area contributed by atoms with Crippen LogP contribution in [-0.4, -0.2) is 21.9 Å². The van der Waals surface area contributed by atoms with Gasteiger partial charge in [-0.15, -0.1) is 5.10 Å². The molecule has 0 fully saturated rings. The van der Waals surface area contributed by atoms with Crippen molar-refractivity contribution in [1.29, 1.82) is 5.26 Å². The summed E-state index contributed by atoms with van der Waals surface area (Å²) in [6.07, 6.45) is 0. The van der Waals surface area contributed by atoms with Crippen LogP contribution in [0.5, 0.6) is 17.4 Å². The van der Waals surface area contributed by atoms with Crippen LogP contribution >= 0.6 is 0 Å². The van der Waals surface area contributed by atoms with Crippen molar-refractivity contribution in [3.63, 3.8) is 0 Å². The second-order valence-corrected chi connectivity index (χ2v) is 6.46. The summed E-state index contributed by atoms with van der Waals surface area (Å²) in [7, 11) is 0. The Morgan fingerprint density at radius 1 is 1.41 bits per heavy atom. The van der Waals surface area contributed by atoms with Crippen LogP contribution in [0, 0.1) is 21.4 Å². The fraction of sp³-hybridized carbons (Fsp3) is 0.294. The fourth-order valence-electron chi connectivity index (χ4n) is 3.36. The van der Waals surface area contributed by atoms with E-state index in [1.165, 1.54) is 12.1 Å². The third-order valence-electron chi connectivity index (χ3n) is 4.58. The molecule has 27 heavy (non-hydrogen) atoms. The zero-order valence-corrected chi connectivity index (χ0v) is 14.5. The summed E-state index contributed by atoms with van der Waals surface area (Å²) in [4.78, 5) is 11.2. The average Bonchev–Trinajstić information content (AvgIpc) is 3.25. The molecule has 138 valence electrons. The summed E-state index contributed by atoms with van der Waals surface area (Å²) in [5, 5.41) is 28.4. The first-order valence-electron chi connectivity index (χ1n) is 8.16. The number of rotatable bonds is 3. The van der Waals surface area contributed by atoms with Crippen molar-refractivity contribution in [2.45, 2.75) is 25.7 Å². The van der Waals surface area contributed by atoms with Gasteiger partial charge in [0.15, 0.2) is 11.5 Å². The zero-order valence-electron chi connectivity index (χ0n) is 14.5. The van der Waals surface area contributed by atoms with Crippen molar-refractivity contribution in [2.24, 2.45) is 5.73 Å². The maximum absolute atomic E-state index is 11.7. The minimum Gasteiger partial charge on any atom is -0.454 e. The van der Waals surface area contributed by atoms with E-state index in [1.807, 2.05) is 19.9 Å². The Hall–Kier alpha value is -3.74. The molecule has 0 aliphatic carbocycles. The summed E-state index contributed by atoms with van der Waals surface area (Å²) in [6.45, 7) is 3.85. The molecule has 1 aromatic heterocycles. The molecule has 0 spiro atoms. The molecule has 0 bridgehead atoms. The third kappa shape index (κ3) is 2.43. The molecule has 2 aliphatic rings. The fourth-order valence-corrected chi connectivity index (χ4v) is 3.36. The number of aromatic amines is 1. The highest BCUT2D eigenvalue weighted by Crippen LogP contribution is 2.49. The average molecular weight is 369 g/mol. The minimum absolute atomic E-state index is 0.0136. The number of benzene rings is 1. The van der Waals surface area contributed by atoms with E-state index in [9.17, 15) is 15.4 Å². The predicted octanol–water partition coefficient (Wildman–Crippen LogP) is 2.39. The highest BCUT2D eigenvalue weighted by atomic mass is 16.7. The Labute approximate surface area is 153 Å². The lowest BCUT2D eigenvalue weighted by Crippen LogP contribution is -2.22. The van der Waals surface area contributed by atoms with E-state index >= 15 is 0 Å².